The lowest BCUT2D eigenvalue weighted by Crippen LogP contribution is -2.33. The molecule has 21 heavy (non-hydrogen) atoms. The molecule has 0 radical (unpaired) electrons. The summed E-state index contributed by atoms with van der Waals surface area (Å²) in [6.45, 7) is 4.15. The van der Waals surface area contributed by atoms with Gasteiger partial charge in [-0.3, -0.25) is 4.79 Å². The van der Waals surface area contributed by atoms with E-state index < -0.39 is 0 Å². The first-order chi connectivity index (χ1) is 10.3. The third kappa shape index (κ3) is 17.3. The minimum absolute atomic E-state index is 0.171. The van der Waals surface area contributed by atoms with Crippen molar-refractivity contribution in [3.63, 3.8) is 0 Å². The molecule has 4 nitrogen and oxygen atoms in total. The van der Waals surface area contributed by atoms with Gasteiger partial charge >= 0.3 is 0 Å². The van der Waals surface area contributed by atoms with Crippen LogP contribution in [0.5, 0.6) is 0 Å². The van der Waals surface area contributed by atoms with Crippen LogP contribution in [0.2, 0.25) is 0 Å². The SMILES string of the molecule is CCCCCCCCCCCCCC(=O)NCCNCN. The molecule has 0 saturated carbocycles. The predicted molar refractivity (Wildman–Crippen MR) is 91.1 cm³/mol. The van der Waals surface area contributed by atoms with E-state index in [-0.39, 0.29) is 5.91 Å². The van der Waals surface area contributed by atoms with Crippen LogP contribution in [0.1, 0.15) is 84.0 Å². The largest absolute Gasteiger partial charge is 0.355 e. The summed E-state index contributed by atoms with van der Waals surface area (Å²) in [6, 6.07) is 0. The normalized spacial score (nSPS) is 10.8. The number of nitrogens with two attached hydrogens (primary N) is 1. The number of hydrogen-bond acceptors (Lipinski definition) is 3. The standard InChI is InChI=1S/C17H37N3O/c1-2-3-4-5-6-7-8-9-10-11-12-13-17(21)20-15-14-19-16-18/h19H,2-16,18H2,1H3,(H,20,21). The van der Waals surface area contributed by atoms with Crippen LogP contribution < -0.4 is 16.4 Å². The Morgan fingerprint density at radius 2 is 1.33 bits per heavy atom. The van der Waals surface area contributed by atoms with E-state index in [0.29, 0.717) is 19.6 Å². The predicted octanol–water partition coefficient (Wildman–Crippen LogP) is 3.31. The first-order valence-electron chi connectivity index (χ1n) is 8.98. The highest BCUT2D eigenvalue weighted by molar-refractivity contribution is 5.75. The number of nitrogens with one attached hydrogen (secondary N) is 2. The van der Waals surface area contributed by atoms with Gasteiger partial charge in [-0.05, 0) is 6.42 Å². The van der Waals surface area contributed by atoms with Crippen molar-refractivity contribution in [2.24, 2.45) is 5.73 Å². The Balaban J connectivity index is 3.09. The summed E-state index contributed by atoms with van der Waals surface area (Å²) in [5.74, 6) is 0.171. The van der Waals surface area contributed by atoms with Crippen LogP contribution in [0.25, 0.3) is 0 Å². The van der Waals surface area contributed by atoms with E-state index >= 15 is 0 Å². The van der Waals surface area contributed by atoms with Crippen molar-refractivity contribution in [3.05, 3.63) is 0 Å². The van der Waals surface area contributed by atoms with Crippen molar-refractivity contribution in [1.29, 1.82) is 0 Å². The molecule has 0 aromatic rings. The molecule has 0 heterocycles. The van der Waals surface area contributed by atoms with Crippen LogP contribution in [-0.2, 0) is 4.79 Å². The second-order valence-corrected chi connectivity index (χ2v) is 5.84. The highest BCUT2D eigenvalue weighted by atomic mass is 16.1. The zero-order chi connectivity index (χ0) is 15.6. The van der Waals surface area contributed by atoms with E-state index in [4.69, 9.17) is 5.73 Å². The molecule has 0 unspecified atom stereocenters. The van der Waals surface area contributed by atoms with Crippen molar-refractivity contribution in [1.82, 2.24) is 10.6 Å². The van der Waals surface area contributed by atoms with Gasteiger partial charge in [0.1, 0.15) is 0 Å². The van der Waals surface area contributed by atoms with Crippen LogP contribution in [-0.4, -0.2) is 25.7 Å². The summed E-state index contributed by atoms with van der Waals surface area (Å²) in [5, 5.41) is 5.87. The van der Waals surface area contributed by atoms with E-state index in [1.165, 1.54) is 64.2 Å². The number of amides is 1. The molecule has 126 valence electrons. The number of hydrogen-bond donors (Lipinski definition) is 3. The molecule has 0 aromatic heterocycles. The molecular weight excluding hydrogens is 262 g/mol. The van der Waals surface area contributed by atoms with Crippen LogP contribution in [0.3, 0.4) is 0 Å². The van der Waals surface area contributed by atoms with Gasteiger partial charge in [0.05, 0.1) is 0 Å². The molecule has 0 atom stereocenters. The topological polar surface area (TPSA) is 67.2 Å². The minimum atomic E-state index is 0.171. The zero-order valence-electron chi connectivity index (χ0n) is 14.1. The van der Waals surface area contributed by atoms with E-state index in [2.05, 4.69) is 17.6 Å². The molecule has 0 aliphatic heterocycles. The number of carbonyl (C=O) groups is 1. The number of carbonyl (C=O) groups excluding carboxylic acids is 1. The molecule has 4 heteroatoms. The van der Waals surface area contributed by atoms with Crippen LogP contribution in [0.4, 0.5) is 0 Å². The summed E-state index contributed by atoms with van der Waals surface area (Å²) in [6.07, 6.45) is 15.2. The van der Waals surface area contributed by atoms with Crippen molar-refractivity contribution in [2.45, 2.75) is 84.0 Å². The van der Waals surface area contributed by atoms with Gasteiger partial charge in [-0.1, -0.05) is 71.1 Å². The Labute approximate surface area is 131 Å². The molecule has 0 aromatic carbocycles. The average molecular weight is 300 g/mol. The van der Waals surface area contributed by atoms with Crippen LogP contribution in [0, 0.1) is 0 Å². The maximum absolute atomic E-state index is 11.5. The van der Waals surface area contributed by atoms with Gasteiger partial charge in [0.15, 0.2) is 0 Å². The van der Waals surface area contributed by atoms with Gasteiger partial charge in [0.2, 0.25) is 5.91 Å². The van der Waals surface area contributed by atoms with Gasteiger partial charge < -0.3 is 16.4 Å². The van der Waals surface area contributed by atoms with Gasteiger partial charge in [-0.2, -0.15) is 0 Å². The molecule has 1 amide bonds. The summed E-state index contributed by atoms with van der Waals surface area (Å²) in [5.41, 5.74) is 5.30. The van der Waals surface area contributed by atoms with Gasteiger partial charge in [0.25, 0.3) is 0 Å². The van der Waals surface area contributed by atoms with E-state index in [0.717, 1.165) is 13.0 Å². The molecule has 4 N–H and O–H groups in total. The zero-order valence-corrected chi connectivity index (χ0v) is 14.1. The number of unbranched alkanes of at least 4 members (excludes halogenated alkanes) is 10. The lowest BCUT2D eigenvalue weighted by Gasteiger charge is -2.05. The Morgan fingerprint density at radius 3 is 1.86 bits per heavy atom. The molecule has 0 fully saturated rings. The smallest absolute Gasteiger partial charge is 0.220 e. The Morgan fingerprint density at radius 1 is 0.810 bits per heavy atom. The third-order valence-electron chi connectivity index (χ3n) is 3.78. The first-order valence-corrected chi connectivity index (χ1v) is 8.98. The quantitative estimate of drug-likeness (QED) is 0.302. The highest BCUT2D eigenvalue weighted by Crippen LogP contribution is 2.11. The van der Waals surface area contributed by atoms with Gasteiger partial charge in [-0.25, -0.2) is 0 Å². The number of rotatable bonds is 16. The Bertz CT molecular complexity index is 222. The lowest BCUT2D eigenvalue weighted by molar-refractivity contribution is -0.121. The second kappa shape index (κ2) is 17.4. The summed E-state index contributed by atoms with van der Waals surface area (Å²) < 4.78 is 0. The fourth-order valence-electron chi connectivity index (χ4n) is 2.43. The monoisotopic (exact) mass is 299 g/mol. The second-order valence-electron chi connectivity index (χ2n) is 5.84. The van der Waals surface area contributed by atoms with E-state index in [1.54, 1.807) is 0 Å². The fraction of sp³-hybridized carbons (Fsp3) is 0.941. The summed E-state index contributed by atoms with van der Waals surface area (Å²) in [7, 11) is 0. The Hall–Kier alpha value is -0.610. The van der Waals surface area contributed by atoms with Crippen molar-refractivity contribution in [2.75, 3.05) is 19.8 Å². The maximum Gasteiger partial charge on any atom is 0.220 e. The van der Waals surface area contributed by atoms with Crippen molar-refractivity contribution in [3.8, 4) is 0 Å². The van der Waals surface area contributed by atoms with E-state index in [1.807, 2.05) is 0 Å². The molecule has 0 saturated heterocycles. The maximum atomic E-state index is 11.5. The summed E-state index contributed by atoms with van der Waals surface area (Å²) in [4.78, 5) is 11.5. The molecule has 0 spiro atoms. The fourth-order valence-corrected chi connectivity index (χ4v) is 2.43. The third-order valence-corrected chi connectivity index (χ3v) is 3.78. The van der Waals surface area contributed by atoms with Crippen molar-refractivity contribution >= 4 is 5.91 Å². The van der Waals surface area contributed by atoms with Crippen molar-refractivity contribution < 1.29 is 4.79 Å². The highest BCUT2D eigenvalue weighted by Gasteiger charge is 2.00. The lowest BCUT2D eigenvalue weighted by atomic mass is 10.1. The molecular formula is C17H37N3O. The molecule has 0 rings (SSSR count). The van der Waals surface area contributed by atoms with E-state index in [9.17, 15) is 4.79 Å². The van der Waals surface area contributed by atoms with Gasteiger partial charge in [0, 0.05) is 26.2 Å². The minimum Gasteiger partial charge on any atom is -0.355 e. The van der Waals surface area contributed by atoms with Gasteiger partial charge in [-0.15, -0.1) is 0 Å². The summed E-state index contributed by atoms with van der Waals surface area (Å²) >= 11 is 0. The van der Waals surface area contributed by atoms with Crippen LogP contribution in [0.15, 0.2) is 0 Å². The molecule has 0 bridgehead atoms. The molecule has 0 aliphatic carbocycles. The Kier molecular flexibility index (Phi) is 16.9. The molecule has 0 aliphatic rings. The van der Waals surface area contributed by atoms with Crippen LogP contribution >= 0.6 is 0 Å². The average Bonchev–Trinajstić information content (AvgIpc) is 2.49. The first kappa shape index (κ1) is 20.4.